The van der Waals surface area contributed by atoms with Crippen LogP contribution in [0.2, 0.25) is 0 Å². The molecule has 0 radical (unpaired) electrons. The van der Waals surface area contributed by atoms with Crippen LogP contribution in [0.4, 0.5) is 11.4 Å². The molecule has 4 nitrogen and oxygen atoms in total. The summed E-state index contributed by atoms with van der Waals surface area (Å²) in [4.78, 5) is 17.0. The molecule has 2 N–H and O–H groups in total. The Hall–Kier alpha value is -2.36. The fourth-order valence-corrected chi connectivity index (χ4v) is 3.50. The van der Waals surface area contributed by atoms with E-state index in [0.29, 0.717) is 11.7 Å². The number of hydrogen-bond donors (Lipinski definition) is 2. The first-order valence-corrected chi connectivity index (χ1v) is 9.36. The lowest BCUT2D eigenvalue weighted by Gasteiger charge is -2.15. The average Bonchev–Trinajstić information content (AvgIpc) is 3.15. The Labute approximate surface area is 150 Å². The largest absolute Gasteiger partial charge is 0.381 e. The Bertz CT molecular complexity index is 696. The standard InChI is InChI=1S/C21H27N3O/c1-3-15-8-7-9-16(4-2)20(15)24-21(25)19-13-12-18(14-22-19)23-17-10-5-6-11-17/h7-9,12-14,17,23H,3-6,10-11H2,1-2H3,(H,24,25). The summed E-state index contributed by atoms with van der Waals surface area (Å²) in [7, 11) is 0. The van der Waals surface area contributed by atoms with E-state index < -0.39 is 0 Å². The number of para-hydroxylation sites is 1. The second-order valence-corrected chi connectivity index (χ2v) is 6.67. The summed E-state index contributed by atoms with van der Waals surface area (Å²) in [6.45, 7) is 4.21. The molecular weight excluding hydrogens is 310 g/mol. The third-order valence-corrected chi connectivity index (χ3v) is 4.96. The van der Waals surface area contributed by atoms with Crippen LogP contribution in [0.1, 0.15) is 61.1 Å². The van der Waals surface area contributed by atoms with Crippen LogP contribution in [0.5, 0.6) is 0 Å². The molecule has 132 valence electrons. The molecule has 3 rings (SSSR count). The number of rotatable bonds is 6. The van der Waals surface area contributed by atoms with Gasteiger partial charge in [-0.1, -0.05) is 44.9 Å². The van der Waals surface area contributed by atoms with E-state index in [0.717, 1.165) is 35.3 Å². The van der Waals surface area contributed by atoms with Gasteiger partial charge in [0.15, 0.2) is 0 Å². The van der Waals surface area contributed by atoms with E-state index in [1.54, 1.807) is 12.3 Å². The summed E-state index contributed by atoms with van der Waals surface area (Å²) < 4.78 is 0. The lowest BCUT2D eigenvalue weighted by molar-refractivity contribution is 0.102. The fraction of sp³-hybridized carbons (Fsp3) is 0.429. The van der Waals surface area contributed by atoms with Crippen LogP contribution in [0, 0.1) is 0 Å². The van der Waals surface area contributed by atoms with Crippen molar-refractivity contribution < 1.29 is 4.79 Å². The Morgan fingerprint density at radius 2 is 1.76 bits per heavy atom. The van der Waals surface area contributed by atoms with E-state index >= 15 is 0 Å². The zero-order valence-electron chi connectivity index (χ0n) is 15.1. The molecule has 1 heterocycles. The molecule has 1 amide bonds. The lowest BCUT2D eigenvalue weighted by atomic mass is 10.0. The van der Waals surface area contributed by atoms with Crippen molar-refractivity contribution in [2.75, 3.05) is 10.6 Å². The molecule has 0 saturated heterocycles. The molecule has 0 aliphatic heterocycles. The van der Waals surface area contributed by atoms with E-state index in [1.807, 2.05) is 6.07 Å². The number of carbonyl (C=O) groups is 1. The minimum absolute atomic E-state index is 0.150. The van der Waals surface area contributed by atoms with Crippen LogP contribution in [0.3, 0.4) is 0 Å². The van der Waals surface area contributed by atoms with Crippen LogP contribution in [0.25, 0.3) is 0 Å². The topological polar surface area (TPSA) is 54.0 Å². The predicted molar refractivity (Wildman–Crippen MR) is 103 cm³/mol. The molecule has 1 aliphatic carbocycles. The molecule has 0 spiro atoms. The maximum atomic E-state index is 12.6. The third kappa shape index (κ3) is 4.19. The van der Waals surface area contributed by atoms with Gasteiger partial charge in [0.05, 0.1) is 11.9 Å². The number of pyridine rings is 1. The molecule has 0 atom stereocenters. The van der Waals surface area contributed by atoms with E-state index in [4.69, 9.17) is 0 Å². The van der Waals surface area contributed by atoms with E-state index in [-0.39, 0.29) is 5.91 Å². The molecule has 2 aromatic rings. The summed E-state index contributed by atoms with van der Waals surface area (Å²) in [6.07, 6.45) is 8.57. The number of benzene rings is 1. The molecule has 1 fully saturated rings. The van der Waals surface area contributed by atoms with Gasteiger partial charge in [0.2, 0.25) is 0 Å². The van der Waals surface area contributed by atoms with Crippen LogP contribution in [-0.4, -0.2) is 16.9 Å². The number of carbonyl (C=O) groups excluding carboxylic acids is 1. The fourth-order valence-electron chi connectivity index (χ4n) is 3.50. The van der Waals surface area contributed by atoms with Crippen LogP contribution < -0.4 is 10.6 Å². The van der Waals surface area contributed by atoms with Crippen molar-refractivity contribution in [2.45, 2.75) is 58.4 Å². The highest BCUT2D eigenvalue weighted by Crippen LogP contribution is 2.24. The molecule has 4 heteroatoms. The van der Waals surface area contributed by atoms with Crippen LogP contribution in [0.15, 0.2) is 36.5 Å². The van der Waals surface area contributed by atoms with Crippen molar-refractivity contribution in [1.82, 2.24) is 4.98 Å². The van der Waals surface area contributed by atoms with E-state index in [1.165, 1.54) is 25.7 Å². The predicted octanol–water partition coefficient (Wildman–Crippen LogP) is 4.81. The summed E-state index contributed by atoms with van der Waals surface area (Å²) in [6, 6.07) is 10.5. The number of hydrogen-bond acceptors (Lipinski definition) is 3. The second kappa shape index (κ2) is 8.15. The molecule has 1 saturated carbocycles. The van der Waals surface area contributed by atoms with E-state index in [9.17, 15) is 4.79 Å². The number of aromatic nitrogens is 1. The van der Waals surface area contributed by atoms with E-state index in [2.05, 4.69) is 47.7 Å². The lowest BCUT2D eigenvalue weighted by Crippen LogP contribution is -2.17. The summed E-state index contributed by atoms with van der Waals surface area (Å²) in [5.41, 5.74) is 4.70. The van der Waals surface area contributed by atoms with Crippen LogP contribution >= 0.6 is 0 Å². The monoisotopic (exact) mass is 337 g/mol. The van der Waals surface area contributed by atoms with Crippen molar-refractivity contribution in [1.29, 1.82) is 0 Å². The Balaban J connectivity index is 1.71. The summed E-state index contributed by atoms with van der Waals surface area (Å²) >= 11 is 0. The summed E-state index contributed by atoms with van der Waals surface area (Å²) in [5, 5.41) is 6.57. The van der Waals surface area contributed by atoms with Gasteiger partial charge in [0, 0.05) is 11.7 Å². The van der Waals surface area contributed by atoms with Crippen molar-refractivity contribution in [3.63, 3.8) is 0 Å². The number of nitrogens with zero attached hydrogens (tertiary/aromatic N) is 1. The smallest absolute Gasteiger partial charge is 0.274 e. The molecule has 1 aromatic carbocycles. The number of anilines is 2. The first-order chi connectivity index (χ1) is 12.2. The Morgan fingerprint density at radius 1 is 1.08 bits per heavy atom. The first-order valence-electron chi connectivity index (χ1n) is 9.36. The van der Waals surface area contributed by atoms with Crippen molar-refractivity contribution in [3.8, 4) is 0 Å². The molecular formula is C21H27N3O. The second-order valence-electron chi connectivity index (χ2n) is 6.67. The SMILES string of the molecule is CCc1cccc(CC)c1NC(=O)c1ccc(NC2CCCC2)cn1. The van der Waals surface area contributed by atoms with Gasteiger partial charge >= 0.3 is 0 Å². The van der Waals surface area contributed by atoms with Gasteiger partial charge in [-0.3, -0.25) is 4.79 Å². The Kier molecular flexibility index (Phi) is 5.69. The number of nitrogens with one attached hydrogen (secondary N) is 2. The first kappa shape index (κ1) is 17.5. The zero-order chi connectivity index (χ0) is 17.6. The number of aryl methyl sites for hydroxylation is 2. The maximum absolute atomic E-state index is 12.6. The molecule has 25 heavy (non-hydrogen) atoms. The minimum Gasteiger partial charge on any atom is -0.381 e. The molecule has 1 aliphatic rings. The highest BCUT2D eigenvalue weighted by atomic mass is 16.1. The Morgan fingerprint density at radius 3 is 2.32 bits per heavy atom. The van der Waals surface area contributed by atoms with Gasteiger partial charge in [-0.2, -0.15) is 0 Å². The van der Waals surface area contributed by atoms with Gasteiger partial charge in [0.1, 0.15) is 5.69 Å². The highest BCUT2D eigenvalue weighted by molar-refractivity contribution is 6.03. The van der Waals surface area contributed by atoms with Gasteiger partial charge < -0.3 is 10.6 Å². The normalized spacial score (nSPS) is 14.5. The molecule has 0 unspecified atom stereocenters. The summed E-state index contributed by atoms with van der Waals surface area (Å²) in [5.74, 6) is -0.150. The van der Waals surface area contributed by atoms with Crippen molar-refractivity contribution in [3.05, 3.63) is 53.3 Å². The third-order valence-electron chi connectivity index (χ3n) is 4.96. The van der Waals surface area contributed by atoms with Gasteiger partial charge in [-0.15, -0.1) is 0 Å². The van der Waals surface area contributed by atoms with Crippen molar-refractivity contribution >= 4 is 17.3 Å². The van der Waals surface area contributed by atoms with Crippen molar-refractivity contribution in [2.24, 2.45) is 0 Å². The maximum Gasteiger partial charge on any atom is 0.274 e. The highest BCUT2D eigenvalue weighted by Gasteiger charge is 2.16. The van der Waals surface area contributed by atoms with Crippen LogP contribution in [-0.2, 0) is 12.8 Å². The molecule has 0 bridgehead atoms. The minimum atomic E-state index is -0.150. The van der Waals surface area contributed by atoms with Gasteiger partial charge in [0.25, 0.3) is 5.91 Å². The molecule has 1 aromatic heterocycles. The quantitative estimate of drug-likeness (QED) is 0.795. The number of amides is 1. The average molecular weight is 337 g/mol. The zero-order valence-corrected chi connectivity index (χ0v) is 15.1. The van der Waals surface area contributed by atoms with Gasteiger partial charge in [-0.25, -0.2) is 4.98 Å². The van der Waals surface area contributed by atoms with Gasteiger partial charge in [-0.05, 0) is 48.9 Å².